The van der Waals surface area contributed by atoms with Crippen LogP contribution in [0.1, 0.15) is 226 Å². The van der Waals surface area contributed by atoms with E-state index in [4.69, 9.17) is 9.84 Å². The van der Waals surface area contributed by atoms with Crippen LogP contribution in [0.3, 0.4) is 0 Å². The smallest absolute Gasteiger partial charge is 0.306 e. The molecule has 0 amide bonds. The van der Waals surface area contributed by atoms with Crippen molar-refractivity contribution in [3.63, 3.8) is 0 Å². The number of esters is 1. The highest BCUT2D eigenvalue weighted by molar-refractivity contribution is 5.69. The second-order valence-electron chi connectivity index (χ2n) is 14.2. The lowest BCUT2D eigenvalue weighted by atomic mass is 10.0. The van der Waals surface area contributed by atoms with Gasteiger partial charge in [0.2, 0.25) is 0 Å². The Morgan fingerprint density at radius 3 is 1.38 bits per heavy atom. The fraction of sp³-hybridized carbons (Fsp3) is 0.818. The zero-order chi connectivity index (χ0) is 35.0. The molecule has 0 spiro atoms. The zero-order valence-electron chi connectivity index (χ0n) is 32.0. The van der Waals surface area contributed by atoms with Gasteiger partial charge < -0.3 is 9.84 Å². The molecule has 1 N–H and O–H groups in total. The molecule has 0 saturated carbocycles. The molecule has 0 aliphatic heterocycles. The van der Waals surface area contributed by atoms with Crippen LogP contribution in [0.4, 0.5) is 0 Å². The Balaban J connectivity index is 3.71. The Hall–Kier alpha value is -1.84. The molecule has 0 saturated heterocycles. The summed E-state index contributed by atoms with van der Waals surface area (Å²) < 4.78 is 5.75. The predicted molar refractivity (Wildman–Crippen MR) is 209 cm³/mol. The lowest BCUT2D eigenvalue weighted by Gasteiger charge is -2.17. The summed E-state index contributed by atoms with van der Waals surface area (Å²) in [6, 6.07) is 0. The van der Waals surface area contributed by atoms with Crippen molar-refractivity contribution in [3.8, 4) is 0 Å². The third kappa shape index (κ3) is 38.6. The molecule has 0 aromatic rings. The number of rotatable bonds is 38. The highest BCUT2D eigenvalue weighted by atomic mass is 16.5. The van der Waals surface area contributed by atoms with Gasteiger partial charge in [-0.3, -0.25) is 9.59 Å². The number of unbranched alkanes of at least 4 members (excludes halogenated alkanes) is 24. The number of hydrogen-bond acceptors (Lipinski definition) is 3. The monoisotopic (exact) mass is 673 g/mol. The molecule has 48 heavy (non-hydrogen) atoms. The quantitative estimate of drug-likeness (QED) is 0.0403. The normalized spacial score (nSPS) is 12.5. The molecule has 0 radical (unpaired) electrons. The van der Waals surface area contributed by atoms with E-state index in [2.05, 4.69) is 50.3 Å². The maximum absolute atomic E-state index is 12.5. The zero-order valence-corrected chi connectivity index (χ0v) is 32.0. The minimum atomic E-state index is -0.812. The average molecular weight is 673 g/mol. The van der Waals surface area contributed by atoms with Gasteiger partial charge in [-0.2, -0.15) is 0 Å². The van der Waals surface area contributed by atoms with Crippen LogP contribution in [0.15, 0.2) is 36.5 Å². The molecule has 280 valence electrons. The van der Waals surface area contributed by atoms with Crippen LogP contribution >= 0.6 is 0 Å². The van der Waals surface area contributed by atoms with Crippen LogP contribution in [-0.4, -0.2) is 23.1 Å². The van der Waals surface area contributed by atoms with Gasteiger partial charge in [-0.05, 0) is 57.8 Å². The van der Waals surface area contributed by atoms with Crippen LogP contribution in [-0.2, 0) is 14.3 Å². The van der Waals surface area contributed by atoms with Crippen molar-refractivity contribution >= 4 is 11.9 Å². The highest BCUT2D eigenvalue weighted by Crippen LogP contribution is 2.18. The minimum Gasteiger partial charge on any atom is -0.481 e. The van der Waals surface area contributed by atoms with Gasteiger partial charge in [0.05, 0.1) is 0 Å². The first-order valence-electron chi connectivity index (χ1n) is 21.0. The van der Waals surface area contributed by atoms with Gasteiger partial charge in [-0.15, -0.1) is 0 Å². The molecular weight excluding hydrogens is 592 g/mol. The van der Waals surface area contributed by atoms with Crippen molar-refractivity contribution in [3.05, 3.63) is 36.5 Å². The number of ether oxygens (including phenoxy) is 1. The van der Waals surface area contributed by atoms with Crippen LogP contribution in [0.5, 0.6) is 0 Å². The molecule has 4 nitrogen and oxygen atoms in total. The van der Waals surface area contributed by atoms with Crippen molar-refractivity contribution in [2.75, 3.05) is 0 Å². The second kappa shape index (κ2) is 39.6. The van der Waals surface area contributed by atoms with Gasteiger partial charge in [0.15, 0.2) is 0 Å². The van der Waals surface area contributed by atoms with E-state index in [1.807, 2.05) is 0 Å². The predicted octanol–water partition coefficient (Wildman–Crippen LogP) is 14.6. The number of carbonyl (C=O) groups is 2. The molecule has 0 heterocycles. The van der Waals surface area contributed by atoms with Crippen molar-refractivity contribution in [1.82, 2.24) is 0 Å². The maximum Gasteiger partial charge on any atom is 0.306 e. The number of carboxylic acids is 1. The van der Waals surface area contributed by atoms with Gasteiger partial charge in [-0.25, -0.2) is 0 Å². The van der Waals surface area contributed by atoms with E-state index in [9.17, 15) is 9.59 Å². The van der Waals surface area contributed by atoms with Crippen molar-refractivity contribution in [2.24, 2.45) is 0 Å². The molecule has 0 bridgehead atoms. The van der Waals surface area contributed by atoms with Crippen LogP contribution in [0.2, 0.25) is 0 Å². The molecule has 0 aromatic heterocycles. The van der Waals surface area contributed by atoms with E-state index in [1.54, 1.807) is 0 Å². The molecule has 0 aliphatic carbocycles. The minimum absolute atomic E-state index is 0.0702. The average Bonchev–Trinajstić information content (AvgIpc) is 3.07. The summed E-state index contributed by atoms with van der Waals surface area (Å²) in [7, 11) is 0. The lowest BCUT2D eigenvalue weighted by Crippen LogP contribution is -2.19. The Morgan fingerprint density at radius 2 is 0.896 bits per heavy atom. The molecule has 1 atom stereocenters. The van der Waals surface area contributed by atoms with Gasteiger partial charge >= 0.3 is 11.9 Å². The van der Waals surface area contributed by atoms with Crippen molar-refractivity contribution in [1.29, 1.82) is 0 Å². The first-order chi connectivity index (χ1) is 23.6. The molecule has 1 unspecified atom stereocenters. The van der Waals surface area contributed by atoms with E-state index in [0.717, 1.165) is 57.8 Å². The van der Waals surface area contributed by atoms with Crippen molar-refractivity contribution < 1.29 is 19.4 Å². The number of carbonyl (C=O) groups excluding carboxylic acids is 1. The second-order valence-corrected chi connectivity index (χ2v) is 14.2. The Morgan fingerprint density at radius 1 is 0.479 bits per heavy atom. The third-order valence-corrected chi connectivity index (χ3v) is 9.39. The molecule has 4 heteroatoms. The molecule has 0 fully saturated rings. The fourth-order valence-electron chi connectivity index (χ4n) is 6.31. The van der Waals surface area contributed by atoms with E-state index in [1.165, 1.54) is 135 Å². The van der Waals surface area contributed by atoms with Gasteiger partial charge in [0, 0.05) is 12.8 Å². The highest BCUT2D eigenvalue weighted by Gasteiger charge is 2.16. The molecule has 0 aliphatic rings. The fourth-order valence-corrected chi connectivity index (χ4v) is 6.31. The summed E-state index contributed by atoms with van der Waals surface area (Å²) in [5, 5.41) is 9.14. The summed E-state index contributed by atoms with van der Waals surface area (Å²) in [6.07, 6.45) is 51.7. The largest absolute Gasteiger partial charge is 0.481 e. The summed E-state index contributed by atoms with van der Waals surface area (Å²) in [5.41, 5.74) is 0. The Kier molecular flexibility index (Phi) is 38.1. The standard InChI is InChI=1S/C44H80O4/c1-3-5-7-9-11-13-15-17-19-21-23-24-26-28-30-32-34-36-38-42(40-41-43(45)46)48-44(47)39-37-35-33-31-29-27-25-22-20-18-16-14-12-10-8-6-4-2/h6,8,12,14,18,20,42H,3-5,7,9-11,13,15-17,19,21-41H2,1-2H3,(H,45,46)/b8-6-,14-12-,20-18-. The summed E-state index contributed by atoms with van der Waals surface area (Å²) in [6.45, 7) is 4.44. The first kappa shape index (κ1) is 46.2. The van der Waals surface area contributed by atoms with Gasteiger partial charge in [0.1, 0.15) is 6.10 Å². The number of allylic oxidation sites excluding steroid dienone is 6. The SMILES string of the molecule is CC/C=C\C/C=C\C/C=C\CCCCCCCCCC(=O)OC(CCCCCCCCCCCCCCCCCCCC)CCC(=O)O. The number of aliphatic carboxylic acids is 1. The maximum atomic E-state index is 12.5. The summed E-state index contributed by atoms with van der Waals surface area (Å²) >= 11 is 0. The van der Waals surface area contributed by atoms with Gasteiger partial charge in [-0.1, -0.05) is 192 Å². The van der Waals surface area contributed by atoms with E-state index < -0.39 is 5.97 Å². The number of hydrogen-bond donors (Lipinski definition) is 1. The van der Waals surface area contributed by atoms with Crippen LogP contribution in [0, 0.1) is 0 Å². The Labute approximate surface area is 299 Å². The van der Waals surface area contributed by atoms with Crippen LogP contribution < -0.4 is 0 Å². The molecule has 0 aromatic carbocycles. The Bertz CT molecular complexity index is 768. The van der Waals surface area contributed by atoms with Gasteiger partial charge in [0.25, 0.3) is 0 Å². The van der Waals surface area contributed by atoms with Crippen LogP contribution in [0.25, 0.3) is 0 Å². The first-order valence-corrected chi connectivity index (χ1v) is 21.0. The lowest BCUT2D eigenvalue weighted by molar-refractivity contribution is -0.151. The van der Waals surface area contributed by atoms with E-state index >= 15 is 0 Å². The topological polar surface area (TPSA) is 63.6 Å². The molecular formula is C44H80O4. The van der Waals surface area contributed by atoms with Crippen molar-refractivity contribution in [2.45, 2.75) is 232 Å². The van der Waals surface area contributed by atoms with E-state index in [0.29, 0.717) is 12.8 Å². The summed E-state index contributed by atoms with van der Waals surface area (Å²) in [4.78, 5) is 23.6. The third-order valence-electron chi connectivity index (χ3n) is 9.39. The van der Waals surface area contributed by atoms with E-state index in [-0.39, 0.29) is 18.5 Å². The number of carboxylic acid groups (broad SMARTS) is 1. The summed E-state index contributed by atoms with van der Waals surface area (Å²) in [5.74, 6) is -0.958. The molecule has 0 rings (SSSR count).